The van der Waals surface area contributed by atoms with Gasteiger partial charge in [0, 0.05) is 36.4 Å². The van der Waals surface area contributed by atoms with Crippen molar-refractivity contribution in [1.82, 2.24) is 4.98 Å². The van der Waals surface area contributed by atoms with E-state index in [1.165, 1.54) is 43.7 Å². The second kappa shape index (κ2) is 6.35. The number of nitrogens with zero attached hydrogens (tertiary/aromatic N) is 2. The van der Waals surface area contributed by atoms with Crippen LogP contribution in [-0.2, 0) is 0 Å². The van der Waals surface area contributed by atoms with Crippen LogP contribution in [0.2, 0.25) is 0 Å². The highest BCUT2D eigenvalue weighted by Crippen LogP contribution is 2.33. The van der Waals surface area contributed by atoms with E-state index in [-0.39, 0.29) is 0 Å². The summed E-state index contributed by atoms with van der Waals surface area (Å²) in [5, 5.41) is 6.26. The quantitative estimate of drug-likeness (QED) is 0.260. The molecule has 2 nitrogen and oxygen atoms in total. The van der Waals surface area contributed by atoms with Gasteiger partial charge < -0.3 is 4.90 Å². The number of anilines is 1. The molecule has 0 unspecified atom stereocenters. The highest BCUT2D eigenvalue weighted by molar-refractivity contribution is 6.12. The van der Waals surface area contributed by atoms with Crippen molar-refractivity contribution in [3.8, 4) is 11.1 Å². The Morgan fingerprint density at radius 2 is 1.39 bits per heavy atom. The van der Waals surface area contributed by atoms with Crippen LogP contribution in [0.5, 0.6) is 0 Å². The molecule has 5 aromatic rings. The Hall–Kier alpha value is -3.39. The first-order chi connectivity index (χ1) is 13.6. The maximum atomic E-state index is 4.93. The summed E-state index contributed by atoms with van der Waals surface area (Å²) >= 11 is 0. The van der Waals surface area contributed by atoms with E-state index in [2.05, 4.69) is 105 Å². The first-order valence-electron chi connectivity index (χ1n) is 9.61. The van der Waals surface area contributed by atoms with Crippen LogP contribution in [0.1, 0.15) is 5.69 Å². The van der Waals surface area contributed by atoms with E-state index < -0.39 is 0 Å². The number of fused-ring (bicyclic) bond motifs is 4. The largest absolute Gasteiger partial charge is 0.378 e. The van der Waals surface area contributed by atoms with Gasteiger partial charge in [0.25, 0.3) is 0 Å². The van der Waals surface area contributed by atoms with Crippen LogP contribution in [0.25, 0.3) is 43.6 Å². The molecule has 0 aliphatic carbocycles. The van der Waals surface area contributed by atoms with Crippen LogP contribution in [0.15, 0.2) is 78.9 Å². The van der Waals surface area contributed by atoms with Gasteiger partial charge in [0.1, 0.15) is 0 Å². The molecule has 1 heterocycles. The smallest absolute Gasteiger partial charge is 0.0712 e. The number of rotatable bonds is 2. The molecular formula is C26H22N2. The molecule has 28 heavy (non-hydrogen) atoms. The van der Waals surface area contributed by atoms with Crippen LogP contribution in [-0.4, -0.2) is 19.1 Å². The van der Waals surface area contributed by atoms with Gasteiger partial charge in [0.15, 0.2) is 0 Å². The van der Waals surface area contributed by atoms with E-state index >= 15 is 0 Å². The van der Waals surface area contributed by atoms with Crippen molar-refractivity contribution < 1.29 is 0 Å². The van der Waals surface area contributed by atoms with Gasteiger partial charge in [0.2, 0.25) is 0 Å². The topological polar surface area (TPSA) is 16.1 Å². The van der Waals surface area contributed by atoms with Crippen molar-refractivity contribution in [2.45, 2.75) is 6.92 Å². The van der Waals surface area contributed by atoms with E-state index in [0.29, 0.717) is 0 Å². The highest BCUT2D eigenvalue weighted by Gasteiger charge is 2.10. The van der Waals surface area contributed by atoms with E-state index in [1.807, 2.05) is 0 Å². The molecule has 2 heteroatoms. The molecule has 0 amide bonds. The molecule has 0 saturated carbocycles. The summed E-state index contributed by atoms with van der Waals surface area (Å²) < 4.78 is 0. The third-order valence-electron chi connectivity index (χ3n) is 5.57. The monoisotopic (exact) mass is 362 g/mol. The zero-order valence-corrected chi connectivity index (χ0v) is 16.4. The average molecular weight is 362 g/mol. The zero-order valence-electron chi connectivity index (χ0n) is 16.4. The lowest BCUT2D eigenvalue weighted by Gasteiger charge is -2.14. The highest BCUT2D eigenvalue weighted by atomic mass is 15.1. The average Bonchev–Trinajstić information content (AvgIpc) is 2.72. The molecule has 0 radical (unpaired) electrons. The Kier molecular flexibility index (Phi) is 3.80. The molecule has 0 aliphatic heterocycles. The predicted molar refractivity (Wildman–Crippen MR) is 121 cm³/mol. The Morgan fingerprint density at radius 3 is 2.11 bits per heavy atom. The summed E-state index contributed by atoms with van der Waals surface area (Å²) in [6, 6.07) is 28.4. The van der Waals surface area contributed by atoms with Crippen molar-refractivity contribution >= 4 is 38.1 Å². The first-order valence-corrected chi connectivity index (χ1v) is 9.61. The number of pyridine rings is 1. The minimum Gasteiger partial charge on any atom is -0.378 e. The van der Waals surface area contributed by atoms with Crippen LogP contribution < -0.4 is 4.90 Å². The maximum Gasteiger partial charge on any atom is 0.0712 e. The van der Waals surface area contributed by atoms with E-state index in [9.17, 15) is 0 Å². The minimum absolute atomic E-state index is 1.05. The summed E-state index contributed by atoms with van der Waals surface area (Å²) in [4.78, 5) is 7.05. The molecule has 0 saturated heterocycles. The Bertz CT molecular complexity index is 1330. The minimum atomic E-state index is 1.05. The molecule has 0 fully saturated rings. The normalized spacial score (nSPS) is 11.4. The van der Waals surface area contributed by atoms with Crippen molar-refractivity contribution in [3.05, 3.63) is 84.6 Å². The second-order valence-corrected chi connectivity index (χ2v) is 7.62. The Balaban J connectivity index is 1.77. The predicted octanol–water partition coefficient (Wildman–Crippen LogP) is 6.58. The van der Waals surface area contributed by atoms with Gasteiger partial charge in [0.05, 0.1) is 5.52 Å². The van der Waals surface area contributed by atoms with Gasteiger partial charge in [-0.15, -0.1) is 0 Å². The van der Waals surface area contributed by atoms with Crippen LogP contribution >= 0.6 is 0 Å². The van der Waals surface area contributed by atoms with Crippen LogP contribution in [0.3, 0.4) is 0 Å². The van der Waals surface area contributed by atoms with Crippen molar-refractivity contribution in [3.63, 3.8) is 0 Å². The molecule has 0 N–H and O–H groups in total. The maximum absolute atomic E-state index is 4.93. The van der Waals surface area contributed by atoms with Crippen molar-refractivity contribution in [2.75, 3.05) is 19.0 Å². The lowest BCUT2D eigenvalue weighted by atomic mass is 9.96. The van der Waals surface area contributed by atoms with Gasteiger partial charge in [-0.3, -0.25) is 4.98 Å². The Morgan fingerprint density at radius 1 is 0.679 bits per heavy atom. The molecule has 136 valence electrons. The van der Waals surface area contributed by atoms with Crippen LogP contribution in [0, 0.1) is 6.92 Å². The molecule has 0 aliphatic rings. The molecule has 4 aromatic carbocycles. The SMILES string of the molecule is Cc1nc2ccc3cc4ccccc4cc3c2cc1-c1ccc(N(C)C)cc1. The fraction of sp³-hybridized carbons (Fsp3) is 0.115. The number of hydrogen-bond donors (Lipinski definition) is 0. The molecule has 0 spiro atoms. The van der Waals surface area contributed by atoms with E-state index in [0.717, 1.165) is 11.2 Å². The second-order valence-electron chi connectivity index (χ2n) is 7.62. The lowest BCUT2D eigenvalue weighted by molar-refractivity contribution is 1.13. The molecule has 5 rings (SSSR count). The summed E-state index contributed by atoms with van der Waals surface area (Å²) in [6.45, 7) is 2.10. The zero-order chi connectivity index (χ0) is 19.3. The Labute approximate surface area is 165 Å². The summed E-state index contributed by atoms with van der Waals surface area (Å²) in [6.07, 6.45) is 0. The van der Waals surface area contributed by atoms with Gasteiger partial charge in [-0.2, -0.15) is 0 Å². The van der Waals surface area contributed by atoms with E-state index in [1.54, 1.807) is 0 Å². The third kappa shape index (κ3) is 2.69. The molecule has 1 aromatic heterocycles. The third-order valence-corrected chi connectivity index (χ3v) is 5.57. The fourth-order valence-corrected chi connectivity index (χ4v) is 4.00. The number of benzene rings is 4. The van der Waals surface area contributed by atoms with Crippen molar-refractivity contribution in [1.29, 1.82) is 0 Å². The lowest BCUT2D eigenvalue weighted by Crippen LogP contribution is -2.07. The summed E-state index contributed by atoms with van der Waals surface area (Å²) in [5.74, 6) is 0. The van der Waals surface area contributed by atoms with E-state index in [4.69, 9.17) is 4.98 Å². The molecular weight excluding hydrogens is 340 g/mol. The number of aromatic nitrogens is 1. The van der Waals surface area contributed by atoms with Gasteiger partial charge >= 0.3 is 0 Å². The standard InChI is InChI=1S/C26H22N2/c1-17-23(18-8-11-22(12-9-18)28(2)3)16-25-24-15-20-7-5-4-6-19(20)14-21(24)10-13-26(25)27-17/h4-16H,1-3H3. The van der Waals surface area contributed by atoms with Crippen LogP contribution in [0.4, 0.5) is 5.69 Å². The van der Waals surface area contributed by atoms with Gasteiger partial charge in [-0.1, -0.05) is 42.5 Å². The number of hydrogen-bond acceptors (Lipinski definition) is 2. The first kappa shape index (κ1) is 16.8. The van der Waals surface area contributed by atoms with Gasteiger partial charge in [-0.05, 0) is 70.4 Å². The van der Waals surface area contributed by atoms with Gasteiger partial charge in [-0.25, -0.2) is 0 Å². The number of aryl methyl sites for hydroxylation is 1. The summed E-state index contributed by atoms with van der Waals surface area (Å²) in [5.41, 5.74) is 5.71. The summed E-state index contributed by atoms with van der Waals surface area (Å²) in [7, 11) is 4.13. The fourth-order valence-electron chi connectivity index (χ4n) is 4.00. The molecule has 0 atom stereocenters. The molecule has 0 bridgehead atoms. The van der Waals surface area contributed by atoms with Crippen molar-refractivity contribution in [2.24, 2.45) is 0 Å².